The predicted octanol–water partition coefficient (Wildman–Crippen LogP) is 10.1. The number of fused-ring (bicyclic) bond motifs is 3. The van der Waals surface area contributed by atoms with E-state index in [0.717, 1.165) is 33.6 Å². The molecular weight excluding hydrogens is 800 g/mol. The van der Waals surface area contributed by atoms with E-state index in [1.807, 2.05) is 54.9 Å². The maximum Gasteiger partial charge on any atom is 0 e. The van der Waals surface area contributed by atoms with E-state index in [2.05, 4.69) is 88.8 Å². The molecule has 3 heterocycles. The number of benzene rings is 4. The number of rotatable bonds is 4. The zero-order chi connectivity index (χ0) is 30.0. The van der Waals surface area contributed by atoms with Crippen molar-refractivity contribution < 1.29 is 24.5 Å². The van der Waals surface area contributed by atoms with Crippen molar-refractivity contribution >= 4 is 49.2 Å². The summed E-state index contributed by atoms with van der Waals surface area (Å²) in [4.78, 5) is 9.07. The SMILES string of the molecule is Cc1ccnc(-c2[c-]ccc3c2sc2cc(-c4cccc(F)c4)ccc23)c1.[CH3][Ge]([CH3])([CH3])[c]1ccc(-c2[c-]cccc2)nc1.[Ir]. The molecule has 4 aromatic carbocycles. The standard InChI is InChI=1S/C24H15FNS.C14H16GeN.Ir/c1-15-10-11-26-22(12-15)21-7-3-6-20-19-9-8-17(14-23(19)27-24(20)21)16-4-2-5-18(25)13-16;1-15(2,3)13-9-10-14(16-11-13)12-7-5-4-6-8-12;/h2-6,8-14H,1H3;4-7,9-11H,1-3H3;/q2*-1;. The zero-order valence-corrected chi connectivity index (χ0v) is 30.3. The van der Waals surface area contributed by atoms with E-state index in [0.29, 0.717) is 0 Å². The van der Waals surface area contributed by atoms with Crippen LogP contribution >= 0.6 is 11.3 Å². The van der Waals surface area contributed by atoms with Gasteiger partial charge >= 0.3 is 99.8 Å². The molecule has 6 heteroatoms. The van der Waals surface area contributed by atoms with Crippen molar-refractivity contribution in [2.24, 2.45) is 0 Å². The van der Waals surface area contributed by atoms with E-state index >= 15 is 0 Å². The molecule has 44 heavy (non-hydrogen) atoms. The van der Waals surface area contributed by atoms with Crippen LogP contribution in [0.1, 0.15) is 5.56 Å². The Hall–Kier alpha value is -3.48. The molecule has 0 atom stereocenters. The molecule has 0 spiro atoms. The summed E-state index contributed by atoms with van der Waals surface area (Å²) in [7, 11) is 0. The molecule has 0 aliphatic heterocycles. The van der Waals surface area contributed by atoms with Gasteiger partial charge in [-0.15, -0.1) is 23.8 Å². The molecule has 0 amide bonds. The van der Waals surface area contributed by atoms with Crippen LogP contribution in [-0.4, -0.2) is 23.2 Å². The van der Waals surface area contributed by atoms with Gasteiger partial charge in [0.15, 0.2) is 0 Å². The Balaban J connectivity index is 0.000000194. The molecule has 221 valence electrons. The van der Waals surface area contributed by atoms with Crippen LogP contribution in [0.4, 0.5) is 4.39 Å². The van der Waals surface area contributed by atoms with E-state index in [1.54, 1.807) is 23.5 Å². The van der Waals surface area contributed by atoms with Gasteiger partial charge in [0.25, 0.3) is 0 Å². The fourth-order valence-electron chi connectivity index (χ4n) is 5.00. The Labute approximate surface area is 278 Å². The molecule has 0 N–H and O–H groups in total. The third-order valence-corrected chi connectivity index (χ3v) is 12.8. The molecule has 0 saturated carbocycles. The van der Waals surface area contributed by atoms with E-state index in [4.69, 9.17) is 0 Å². The molecule has 2 nitrogen and oxygen atoms in total. The van der Waals surface area contributed by atoms with E-state index in [-0.39, 0.29) is 25.9 Å². The van der Waals surface area contributed by atoms with Gasteiger partial charge in [0.2, 0.25) is 0 Å². The fourth-order valence-corrected chi connectivity index (χ4v) is 8.42. The summed E-state index contributed by atoms with van der Waals surface area (Å²) >= 11 is 0.0211. The number of nitrogens with zero attached hydrogens (tertiary/aromatic N) is 2. The van der Waals surface area contributed by atoms with Gasteiger partial charge in [-0.1, -0.05) is 41.3 Å². The van der Waals surface area contributed by atoms with Crippen LogP contribution in [0.15, 0.2) is 116 Å². The van der Waals surface area contributed by atoms with Gasteiger partial charge < -0.3 is 4.98 Å². The van der Waals surface area contributed by atoms with Gasteiger partial charge in [-0.3, -0.25) is 0 Å². The predicted molar refractivity (Wildman–Crippen MR) is 183 cm³/mol. The van der Waals surface area contributed by atoms with Crippen molar-refractivity contribution in [3.05, 3.63) is 139 Å². The Kier molecular flexibility index (Phi) is 9.91. The summed E-state index contributed by atoms with van der Waals surface area (Å²) in [5.74, 6) is 6.92. The number of thiophene rings is 1. The van der Waals surface area contributed by atoms with Crippen molar-refractivity contribution in [2.75, 3.05) is 0 Å². The topological polar surface area (TPSA) is 25.8 Å². The molecule has 0 bridgehead atoms. The largest absolute Gasteiger partial charge is 0 e. The molecule has 0 fully saturated rings. The van der Waals surface area contributed by atoms with Crippen LogP contribution in [0.2, 0.25) is 17.3 Å². The van der Waals surface area contributed by atoms with Crippen LogP contribution in [0.5, 0.6) is 0 Å². The molecular formula is C38H31FGeIrN2S-2. The second kappa shape index (κ2) is 13.7. The van der Waals surface area contributed by atoms with Crippen molar-refractivity contribution in [2.45, 2.75) is 24.2 Å². The third-order valence-electron chi connectivity index (χ3n) is 7.38. The summed E-state index contributed by atoms with van der Waals surface area (Å²) in [5, 5.41) is 2.41. The average molecular weight is 832 g/mol. The van der Waals surface area contributed by atoms with Crippen LogP contribution in [0.3, 0.4) is 0 Å². The summed E-state index contributed by atoms with van der Waals surface area (Å²) in [5.41, 5.74) is 7.14. The van der Waals surface area contributed by atoms with E-state index in [9.17, 15) is 4.39 Å². The normalized spacial score (nSPS) is 11.1. The summed E-state index contributed by atoms with van der Waals surface area (Å²) < 4.78 is 17.4. The van der Waals surface area contributed by atoms with Crippen molar-refractivity contribution in [1.82, 2.24) is 9.97 Å². The molecule has 3 aromatic heterocycles. The zero-order valence-electron chi connectivity index (χ0n) is 25.0. The number of aromatic nitrogens is 2. The van der Waals surface area contributed by atoms with Crippen molar-refractivity contribution in [1.29, 1.82) is 0 Å². The Morgan fingerprint density at radius 2 is 1.57 bits per heavy atom. The number of aryl methyl sites for hydroxylation is 1. The molecule has 1 radical (unpaired) electrons. The van der Waals surface area contributed by atoms with Crippen LogP contribution < -0.4 is 4.40 Å². The fraction of sp³-hybridized carbons (Fsp3) is 0.105. The van der Waals surface area contributed by atoms with Gasteiger partial charge in [-0.2, -0.15) is 11.3 Å². The van der Waals surface area contributed by atoms with Crippen molar-refractivity contribution in [3.63, 3.8) is 0 Å². The second-order valence-corrected chi connectivity index (χ2v) is 23.3. The summed E-state index contributed by atoms with van der Waals surface area (Å²) in [6.45, 7) is 2.07. The average Bonchev–Trinajstić information content (AvgIpc) is 3.40. The van der Waals surface area contributed by atoms with Gasteiger partial charge in [0.05, 0.1) is 0 Å². The third kappa shape index (κ3) is 7.08. The molecule has 0 saturated heterocycles. The quantitative estimate of drug-likeness (QED) is 0.130. The minimum Gasteiger partial charge on any atom is 0 e. The molecule has 0 unspecified atom stereocenters. The number of halogens is 1. The van der Waals surface area contributed by atoms with Crippen LogP contribution in [0, 0.1) is 24.9 Å². The summed E-state index contributed by atoms with van der Waals surface area (Å²) in [6, 6.07) is 40.1. The maximum atomic E-state index is 13.6. The number of hydrogen-bond donors (Lipinski definition) is 0. The van der Waals surface area contributed by atoms with Gasteiger partial charge in [0, 0.05) is 31.0 Å². The van der Waals surface area contributed by atoms with Gasteiger partial charge in [-0.05, 0) is 58.1 Å². The first kappa shape index (κ1) is 31.9. The van der Waals surface area contributed by atoms with Crippen LogP contribution in [-0.2, 0) is 20.1 Å². The Morgan fingerprint density at radius 1 is 0.727 bits per heavy atom. The Morgan fingerprint density at radius 3 is 2.27 bits per heavy atom. The first-order chi connectivity index (χ1) is 20.8. The molecule has 7 rings (SSSR count). The first-order valence-electron chi connectivity index (χ1n) is 14.3. The monoisotopic (exact) mass is 833 g/mol. The second-order valence-electron chi connectivity index (χ2n) is 11.6. The minimum atomic E-state index is -1.72. The number of pyridine rings is 2. The summed E-state index contributed by atoms with van der Waals surface area (Å²) in [6.07, 6.45) is 3.88. The Bertz CT molecular complexity index is 2030. The maximum absolute atomic E-state index is 13.6. The smallest absolute Gasteiger partial charge is 0 e. The molecule has 7 aromatic rings. The van der Waals surface area contributed by atoms with Crippen molar-refractivity contribution in [3.8, 4) is 33.6 Å². The minimum absolute atomic E-state index is 0. The molecule has 0 aliphatic carbocycles. The molecule has 0 aliphatic rings. The van der Waals surface area contributed by atoms with E-state index < -0.39 is 13.3 Å². The van der Waals surface area contributed by atoms with Gasteiger partial charge in [0.1, 0.15) is 5.82 Å². The van der Waals surface area contributed by atoms with E-state index in [1.165, 1.54) is 36.2 Å². The van der Waals surface area contributed by atoms with Crippen LogP contribution in [0.25, 0.3) is 53.8 Å². The first-order valence-corrected chi connectivity index (χ1v) is 22.4. The number of hydrogen-bond acceptors (Lipinski definition) is 3. The van der Waals surface area contributed by atoms with Gasteiger partial charge in [-0.25, -0.2) is 4.39 Å².